The molecule has 0 bridgehead atoms. The van der Waals surface area contributed by atoms with E-state index in [1.807, 2.05) is 0 Å². The third-order valence-electron chi connectivity index (χ3n) is 3.86. The van der Waals surface area contributed by atoms with Gasteiger partial charge in [0.2, 0.25) is 0 Å². The molecule has 0 unspecified atom stereocenters. The first-order chi connectivity index (χ1) is 11.4. The quantitative estimate of drug-likeness (QED) is 0.262. The predicted octanol–water partition coefficient (Wildman–Crippen LogP) is -1.72. The first-order valence-corrected chi connectivity index (χ1v) is 24.5. The van der Waals surface area contributed by atoms with E-state index in [2.05, 4.69) is 53.1 Å². The summed E-state index contributed by atoms with van der Waals surface area (Å²) in [5.74, 6) is 0. The maximum absolute atomic E-state index is 6.42. The minimum absolute atomic E-state index is 0.482. The van der Waals surface area contributed by atoms with Crippen LogP contribution < -0.4 is 0 Å². The average Bonchev–Trinajstić information content (AvgIpc) is 2.55. The van der Waals surface area contributed by atoms with Crippen LogP contribution in [0.15, 0.2) is 0 Å². The normalized spacial score (nSPS) is 22.5. The Morgan fingerprint density at radius 3 is 0.958 bits per heavy atom. The second-order valence-electron chi connectivity index (χ2n) is 5.29. The molecule has 0 saturated heterocycles. The van der Waals surface area contributed by atoms with Gasteiger partial charge in [0.1, 0.15) is 63.2 Å². The summed E-state index contributed by atoms with van der Waals surface area (Å²) in [6.07, 6.45) is 0.611. The van der Waals surface area contributed by atoms with Gasteiger partial charge in [-0.3, -0.25) is 0 Å². The Bertz CT molecular complexity index is 278. The lowest BCUT2D eigenvalue weighted by atomic mass is 10.4. The van der Waals surface area contributed by atoms with Crippen molar-refractivity contribution < 1.29 is 24.7 Å². The molecule has 0 N–H and O–H groups in total. The van der Waals surface area contributed by atoms with E-state index < -0.39 is 80.8 Å². The average molecular weight is 478 g/mol. The number of rotatable bonds is 15. The van der Waals surface area contributed by atoms with Crippen LogP contribution in [0.4, 0.5) is 0 Å². The summed E-state index contributed by atoms with van der Waals surface area (Å²) < 4.78 is 38.0. The van der Waals surface area contributed by atoms with E-state index in [0.717, 1.165) is 0 Å². The topological polar surface area (TPSA) is 55.4 Å². The van der Waals surface area contributed by atoms with Gasteiger partial charge in [-0.25, -0.2) is 0 Å². The molecule has 0 aliphatic carbocycles. The van der Waals surface area contributed by atoms with Crippen molar-refractivity contribution >= 4 is 76.2 Å². The van der Waals surface area contributed by atoms with Crippen molar-refractivity contribution in [2.75, 3.05) is 0 Å². The molecule has 0 aromatic rings. The van der Waals surface area contributed by atoms with E-state index in [1.165, 1.54) is 0 Å². The zero-order chi connectivity index (χ0) is 18.7. The van der Waals surface area contributed by atoms with E-state index in [1.54, 1.807) is 0 Å². The van der Waals surface area contributed by atoms with Crippen LogP contribution in [0.25, 0.3) is 0 Å². The molecule has 0 amide bonds. The van der Waals surface area contributed by atoms with Crippen molar-refractivity contribution in [3.8, 4) is 0 Å². The Balaban J connectivity index is 6.30. The highest BCUT2D eigenvalue weighted by molar-refractivity contribution is 6.93. The number of hydrogen-bond donors (Lipinski definition) is 0. The first kappa shape index (κ1) is 25.5. The zero-order valence-electron chi connectivity index (χ0n) is 16.6. The van der Waals surface area contributed by atoms with Crippen molar-refractivity contribution in [1.82, 2.24) is 0 Å². The molecule has 0 fully saturated rings. The van der Waals surface area contributed by atoms with Crippen molar-refractivity contribution in [2.24, 2.45) is 0 Å². The Hall–Kier alpha value is 1.50. The fourth-order valence-corrected chi connectivity index (χ4v) is 32.1. The van der Waals surface area contributed by atoms with Gasteiger partial charge in [0, 0.05) is 0 Å². The largest absolute Gasteiger partial charge is 0.479 e. The Morgan fingerprint density at radius 2 is 0.833 bits per heavy atom. The van der Waals surface area contributed by atoms with Gasteiger partial charge >= 0.3 is 17.6 Å². The molecule has 0 aliphatic rings. The minimum Gasteiger partial charge on any atom is -0.422 e. The van der Waals surface area contributed by atoms with Gasteiger partial charge in [0.15, 0.2) is 0 Å². The van der Waals surface area contributed by atoms with Crippen molar-refractivity contribution in [1.29, 1.82) is 0 Å². The van der Waals surface area contributed by atoms with Gasteiger partial charge in [-0.1, -0.05) is 53.1 Å². The molecular formula is C10H37O6Si8. The van der Waals surface area contributed by atoms with Crippen molar-refractivity contribution in [3.05, 3.63) is 6.92 Å². The fourth-order valence-electron chi connectivity index (χ4n) is 2.84. The molecule has 14 heteroatoms. The Morgan fingerprint density at radius 1 is 0.625 bits per heavy atom. The molecule has 0 atom stereocenters. The van der Waals surface area contributed by atoms with Gasteiger partial charge in [-0.05, 0) is 6.42 Å². The van der Waals surface area contributed by atoms with Crippen molar-refractivity contribution in [2.45, 2.75) is 57.3 Å². The lowest BCUT2D eigenvalue weighted by molar-refractivity contribution is 0.194. The highest BCUT2D eigenvalue weighted by atomic mass is 28.5. The monoisotopic (exact) mass is 477 g/mol. The lowest BCUT2D eigenvalue weighted by Gasteiger charge is -2.51. The molecule has 0 aromatic heterocycles. The second kappa shape index (κ2) is 12.8. The van der Waals surface area contributed by atoms with Crippen LogP contribution >= 0.6 is 0 Å². The molecule has 6 nitrogen and oxygen atoms in total. The van der Waals surface area contributed by atoms with Gasteiger partial charge in [0.25, 0.3) is 0 Å². The van der Waals surface area contributed by atoms with Gasteiger partial charge < -0.3 is 24.7 Å². The van der Waals surface area contributed by atoms with Gasteiger partial charge in [-0.15, -0.1) is 0 Å². The molecule has 0 heterocycles. The maximum Gasteiger partial charge on any atom is 0.479 e. The van der Waals surface area contributed by atoms with Crippen LogP contribution in [0.5, 0.6) is 0 Å². The Labute approximate surface area is 164 Å². The fraction of sp³-hybridized carbons (Fsp3) is 0.900. The van der Waals surface area contributed by atoms with Crippen LogP contribution in [-0.2, 0) is 24.7 Å². The molecule has 0 rings (SSSR count). The summed E-state index contributed by atoms with van der Waals surface area (Å²) in [5, 5.41) is 0. The van der Waals surface area contributed by atoms with E-state index in [9.17, 15) is 0 Å². The summed E-state index contributed by atoms with van der Waals surface area (Å²) in [6, 6.07) is 0. The van der Waals surface area contributed by atoms with E-state index in [0.29, 0.717) is 6.42 Å². The third kappa shape index (κ3) is 5.50. The van der Waals surface area contributed by atoms with E-state index in [-0.39, 0.29) is 0 Å². The van der Waals surface area contributed by atoms with Crippen LogP contribution in [0, 0.1) is 6.92 Å². The minimum atomic E-state index is -2.92. The molecule has 0 aliphatic heterocycles. The van der Waals surface area contributed by atoms with Crippen LogP contribution in [0.3, 0.4) is 0 Å². The number of hydrogen-bond acceptors (Lipinski definition) is 6. The SMILES string of the molecule is [CH2]CC(C)([Si](O[SiH2]C)(O[SiH2]C)O[SiH2]C)[Si](O[SiH2]C)(O[SiH2]C)O[SiH2]C. The van der Waals surface area contributed by atoms with Gasteiger partial charge in [-0.2, -0.15) is 0 Å². The smallest absolute Gasteiger partial charge is 0.422 e. The van der Waals surface area contributed by atoms with Gasteiger partial charge in [0.05, 0.1) is 0 Å². The first-order valence-electron chi connectivity index (χ1n) is 9.05. The van der Waals surface area contributed by atoms with Crippen LogP contribution in [-0.4, -0.2) is 76.2 Å². The second-order valence-corrected chi connectivity index (χ2v) is 20.6. The Kier molecular flexibility index (Phi) is 13.6. The van der Waals surface area contributed by atoms with E-state index >= 15 is 0 Å². The summed E-state index contributed by atoms with van der Waals surface area (Å²) in [6.45, 7) is 19.2. The predicted molar refractivity (Wildman–Crippen MR) is 123 cm³/mol. The highest BCUT2D eigenvalue weighted by Crippen LogP contribution is 2.51. The maximum atomic E-state index is 6.42. The lowest BCUT2D eigenvalue weighted by Crippen LogP contribution is -2.71. The molecule has 24 heavy (non-hydrogen) atoms. The van der Waals surface area contributed by atoms with Crippen LogP contribution in [0.2, 0.25) is 43.9 Å². The summed E-state index contributed by atoms with van der Waals surface area (Å²) in [4.78, 5) is 0. The molecule has 0 spiro atoms. The third-order valence-corrected chi connectivity index (χ3v) is 24.9. The molecule has 145 valence electrons. The zero-order valence-corrected chi connectivity index (χ0v) is 27.1. The molecule has 0 aromatic carbocycles. The summed E-state index contributed by atoms with van der Waals surface area (Å²) in [7, 11) is -10.1. The standard InChI is InChI=1S/C10H37O6Si8/c1-9-10(2,23(11-17-3,12-18-4)13-19-5)24(14-20-6,15-21-7)16-22-8/h1,9,17-22H2,2-8H3. The molecular weight excluding hydrogens is 441 g/mol. The van der Waals surface area contributed by atoms with Crippen molar-refractivity contribution in [3.63, 3.8) is 0 Å². The summed E-state index contributed by atoms with van der Waals surface area (Å²) >= 11 is 0. The van der Waals surface area contributed by atoms with Crippen LogP contribution in [0.1, 0.15) is 13.3 Å². The van der Waals surface area contributed by atoms with E-state index in [4.69, 9.17) is 24.7 Å². The highest BCUT2D eigenvalue weighted by Gasteiger charge is 2.71. The molecule has 0 saturated carbocycles. The summed E-state index contributed by atoms with van der Waals surface area (Å²) in [5.41, 5.74) is 0. The molecule has 1 radical (unpaired) electrons.